The second kappa shape index (κ2) is 7.95. The van der Waals surface area contributed by atoms with Gasteiger partial charge in [-0.15, -0.1) is 0 Å². The zero-order valence-electron chi connectivity index (χ0n) is 14.1. The fraction of sp³-hybridized carbons (Fsp3) is 0.176. The van der Waals surface area contributed by atoms with E-state index in [4.69, 9.17) is 5.26 Å². The molecule has 0 radical (unpaired) electrons. The van der Waals surface area contributed by atoms with Gasteiger partial charge in [0.2, 0.25) is 0 Å². The molecule has 0 saturated heterocycles. The second-order valence-corrected chi connectivity index (χ2v) is 7.22. The van der Waals surface area contributed by atoms with Gasteiger partial charge in [-0.1, -0.05) is 0 Å². The van der Waals surface area contributed by atoms with E-state index in [0.717, 1.165) is 12.1 Å². The van der Waals surface area contributed by atoms with Gasteiger partial charge in [-0.3, -0.25) is 0 Å². The Morgan fingerprint density at radius 3 is 2.18 bits per heavy atom. The van der Waals surface area contributed by atoms with E-state index in [2.05, 4.69) is 4.18 Å². The molecule has 2 aromatic rings. The van der Waals surface area contributed by atoms with Gasteiger partial charge in [0, 0.05) is 6.42 Å². The predicted octanol–water partition coefficient (Wildman–Crippen LogP) is 2.31. The van der Waals surface area contributed by atoms with Crippen LogP contribution in [0.25, 0.3) is 0 Å². The zero-order valence-corrected chi connectivity index (χ0v) is 14.9. The number of carbonyl (C=O) groups excluding carboxylic acids is 1. The van der Waals surface area contributed by atoms with Gasteiger partial charge in [0.15, 0.2) is 0 Å². The van der Waals surface area contributed by atoms with Gasteiger partial charge in [0.25, 0.3) is 0 Å². The van der Waals surface area contributed by atoms with Crippen LogP contribution in [0.5, 0.6) is 0 Å². The first kappa shape index (κ1) is 21.3. The standard InChI is InChI=1S/C17H11F4NO5S/c1-28(25,26)27-17(24)15-14(20)5-9(7-23)10(16(15)21)2-8-3-12(18)11(6-22)13(19)4-8/h3-5,23H,2,7H2,1H3. The molecule has 11 heteroatoms. The maximum atomic E-state index is 14.8. The number of benzene rings is 2. The molecule has 2 aromatic carbocycles. The highest BCUT2D eigenvalue weighted by atomic mass is 32.2. The van der Waals surface area contributed by atoms with Crippen LogP contribution in [0, 0.1) is 34.6 Å². The third-order valence-corrected chi connectivity index (χ3v) is 4.06. The lowest BCUT2D eigenvalue weighted by atomic mass is 9.95. The Balaban J connectivity index is 2.60. The van der Waals surface area contributed by atoms with Crippen molar-refractivity contribution < 1.29 is 40.1 Å². The Kier molecular flexibility index (Phi) is 6.06. The number of carbonyl (C=O) groups is 1. The van der Waals surface area contributed by atoms with Gasteiger partial charge < -0.3 is 9.29 Å². The van der Waals surface area contributed by atoms with Gasteiger partial charge in [0.05, 0.1) is 12.9 Å². The quantitative estimate of drug-likeness (QED) is 0.592. The molecular formula is C17H11F4NO5S. The first-order chi connectivity index (χ1) is 13.0. The number of nitrogens with zero attached hydrogens (tertiary/aromatic N) is 1. The fourth-order valence-corrected chi connectivity index (χ4v) is 2.80. The van der Waals surface area contributed by atoms with Gasteiger partial charge in [-0.25, -0.2) is 22.4 Å². The minimum Gasteiger partial charge on any atom is -0.392 e. The van der Waals surface area contributed by atoms with Crippen LogP contribution in [0.15, 0.2) is 18.2 Å². The Morgan fingerprint density at radius 2 is 1.71 bits per heavy atom. The molecule has 0 heterocycles. The minimum absolute atomic E-state index is 0.184. The molecule has 0 bridgehead atoms. The molecule has 148 valence electrons. The summed E-state index contributed by atoms with van der Waals surface area (Å²) in [6.45, 7) is -0.883. The average Bonchev–Trinajstić information content (AvgIpc) is 2.55. The molecule has 0 amide bonds. The molecule has 2 rings (SSSR count). The zero-order chi connectivity index (χ0) is 21.2. The van der Waals surface area contributed by atoms with Gasteiger partial charge >= 0.3 is 16.1 Å². The van der Waals surface area contributed by atoms with Crippen molar-refractivity contribution in [2.45, 2.75) is 13.0 Å². The molecule has 0 aliphatic rings. The molecule has 6 nitrogen and oxygen atoms in total. The summed E-state index contributed by atoms with van der Waals surface area (Å²) in [5, 5.41) is 18.0. The van der Waals surface area contributed by atoms with Crippen LogP contribution < -0.4 is 0 Å². The van der Waals surface area contributed by atoms with Crippen LogP contribution in [-0.2, 0) is 27.3 Å². The molecule has 0 aliphatic heterocycles. The molecule has 0 unspecified atom stereocenters. The Hall–Kier alpha value is -2.97. The van der Waals surface area contributed by atoms with Crippen molar-refractivity contribution in [3.8, 4) is 6.07 Å². The molecule has 0 aromatic heterocycles. The minimum atomic E-state index is -4.37. The van der Waals surface area contributed by atoms with Crippen molar-refractivity contribution in [3.05, 3.63) is 69.3 Å². The van der Waals surface area contributed by atoms with Gasteiger partial charge in [-0.05, 0) is 34.9 Å². The van der Waals surface area contributed by atoms with E-state index in [1.54, 1.807) is 0 Å². The highest BCUT2D eigenvalue weighted by Crippen LogP contribution is 2.26. The van der Waals surface area contributed by atoms with Crippen LogP contribution in [0.1, 0.15) is 32.6 Å². The SMILES string of the molecule is CS(=O)(=O)OC(=O)c1c(F)cc(CO)c(Cc2cc(F)c(C#N)c(F)c2)c1F. The largest absolute Gasteiger partial charge is 0.392 e. The summed E-state index contributed by atoms with van der Waals surface area (Å²) >= 11 is 0. The van der Waals surface area contributed by atoms with E-state index in [0.29, 0.717) is 12.3 Å². The first-order valence-corrected chi connectivity index (χ1v) is 9.22. The summed E-state index contributed by atoms with van der Waals surface area (Å²) in [5.74, 6) is -7.32. The summed E-state index contributed by atoms with van der Waals surface area (Å²) < 4.78 is 82.4. The number of nitriles is 1. The van der Waals surface area contributed by atoms with Crippen LogP contribution in [0.2, 0.25) is 0 Å². The number of rotatable bonds is 5. The molecular weight excluding hydrogens is 406 g/mol. The lowest BCUT2D eigenvalue weighted by Gasteiger charge is -2.14. The monoisotopic (exact) mass is 417 g/mol. The van der Waals surface area contributed by atoms with Crippen molar-refractivity contribution in [2.75, 3.05) is 6.26 Å². The highest BCUT2D eigenvalue weighted by molar-refractivity contribution is 7.86. The Morgan fingerprint density at radius 1 is 1.14 bits per heavy atom. The number of hydrogen-bond donors (Lipinski definition) is 1. The smallest absolute Gasteiger partial charge is 0.359 e. The van der Waals surface area contributed by atoms with E-state index < -0.39 is 69.1 Å². The third-order valence-electron chi connectivity index (χ3n) is 3.61. The fourth-order valence-electron chi connectivity index (χ4n) is 2.45. The average molecular weight is 417 g/mol. The van der Waals surface area contributed by atoms with Crippen molar-refractivity contribution in [1.82, 2.24) is 0 Å². The molecule has 0 fully saturated rings. The summed E-state index contributed by atoms with van der Waals surface area (Å²) in [6.07, 6.45) is -0.104. The van der Waals surface area contributed by atoms with Crippen molar-refractivity contribution >= 4 is 16.1 Å². The third kappa shape index (κ3) is 4.47. The lowest BCUT2D eigenvalue weighted by molar-refractivity contribution is 0.0738. The normalized spacial score (nSPS) is 11.2. The van der Waals surface area contributed by atoms with Crippen molar-refractivity contribution in [3.63, 3.8) is 0 Å². The summed E-state index contributed by atoms with van der Waals surface area (Å²) in [4.78, 5) is 11.8. The van der Waals surface area contributed by atoms with E-state index in [-0.39, 0.29) is 11.1 Å². The predicted molar refractivity (Wildman–Crippen MR) is 86.4 cm³/mol. The molecule has 0 spiro atoms. The van der Waals surface area contributed by atoms with Gasteiger partial charge in [0.1, 0.15) is 40.5 Å². The van der Waals surface area contributed by atoms with Crippen LogP contribution in [0.3, 0.4) is 0 Å². The topological polar surface area (TPSA) is 104 Å². The first-order valence-electron chi connectivity index (χ1n) is 7.40. The summed E-state index contributed by atoms with van der Waals surface area (Å²) in [5.41, 5.74) is -3.23. The van der Waals surface area contributed by atoms with E-state index in [9.17, 15) is 35.9 Å². The van der Waals surface area contributed by atoms with E-state index in [1.165, 1.54) is 6.07 Å². The number of hydrogen-bond acceptors (Lipinski definition) is 6. The second-order valence-electron chi connectivity index (χ2n) is 5.64. The van der Waals surface area contributed by atoms with E-state index in [1.807, 2.05) is 0 Å². The number of aliphatic hydroxyl groups excluding tert-OH is 1. The van der Waals surface area contributed by atoms with Crippen molar-refractivity contribution in [1.29, 1.82) is 5.26 Å². The Labute approximate surface area is 156 Å². The molecule has 28 heavy (non-hydrogen) atoms. The molecule has 0 atom stereocenters. The van der Waals surface area contributed by atoms with Crippen LogP contribution in [0.4, 0.5) is 17.6 Å². The maximum absolute atomic E-state index is 14.8. The maximum Gasteiger partial charge on any atom is 0.359 e. The summed E-state index contributed by atoms with van der Waals surface area (Å²) in [7, 11) is -4.37. The lowest BCUT2D eigenvalue weighted by Crippen LogP contribution is -2.17. The van der Waals surface area contributed by atoms with Gasteiger partial charge in [-0.2, -0.15) is 13.7 Å². The number of aliphatic hydroxyl groups is 1. The highest BCUT2D eigenvalue weighted by Gasteiger charge is 2.27. The summed E-state index contributed by atoms with van der Waals surface area (Å²) in [6, 6.07) is 3.36. The van der Waals surface area contributed by atoms with Crippen molar-refractivity contribution in [2.24, 2.45) is 0 Å². The van der Waals surface area contributed by atoms with Crippen LogP contribution in [-0.4, -0.2) is 25.7 Å². The van der Waals surface area contributed by atoms with Crippen LogP contribution >= 0.6 is 0 Å². The molecule has 1 N–H and O–H groups in total. The molecule has 0 saturated carbocycles. The Bertz CT molecular complexity index is 1090. The number of halogens is 4. The molecule has 0 aliphatic carbocycles. The van der Waals surface area contributed by atoms with E-state index >= 15 is 0 Å².